The monoisotopic (exact) mass is 449 g/mol. The van der Waals surface area contributed by atoms with Crippen molar-refractivity contribution in [3.63, 3.8) is 0 Å². The summed E-state index contributed by atoms with van der Waals surface area (Å²) < 4.78 is 0. The van der Waals surface area contributed by atoms with Gasteiger partial charge in [-0.05, 0) is 31.4 Å². The minimum absolute atomic E-state index is 0.159. The van der Waals surface area contributed by atoms with E-state index >= 15 is 0 Å². The number of hydroxylamine groups is 1. The fraction of sp³-hybridized carbons (Fsp3) is 0.364. The van der Waals surface area contributed by atoms with Gasteiger partial charge in [0, 0.05) is 18.4 Å². The predicted octanol–water partition coefficient (Wildman–Crippen LogP) is 3.34. The highest BCUT2D eigenvalue weighted by Crippen LogP contribution is 2.27. The van der Waals surface area contributed by atoms with Crippen molar-refractivity contribution in [1.82, 2.24) is 35.4 Å². The summed E-state index contributed by atoms with van der Waals surface area (Å²) >= 11 is 0. The van der Waals surface area contributed by atoms with E-state index in [2.05, 4.69) is 37.5 Å². The maximum atomic E-state index is 11.1. The van der Waals surface area contributed by atoms with E-state index in [-0.39, 0.29) is 11.9 Å². The van der Waals surface area contributed by atoms with Gasteiger partial charge in [0.2, 0.25) is 5.91 Å². The van der Waals surface area contributed by atoms with E-state index in [1.54, 1.807) is 11.8 Å². The summed E-state index contributed by atoms with van der Waals surface area (Å²) in [6.45, 7) is 2.78. The molecule has 33 heavy (non-hydrogen) atoms. The zero-order chi connectivity index (χ0) is 23.0. The number of H-pyrrole nitrogens is 1. The highest BCUT2D eigenvalue weighted by molar-refractivity contribution is 5.89. The second-order valence-corrected chi connectivity index (χ2v) is 7.65. The summed E-state index contributed by atoms with van der Waals surface area (Å²) in [6, 6.07) is 7.75. The molecule has 1 atom stereocenters. The van der Waals surface area contributed by atoms with E-state index in [0.717, 1.165) is 41.5 Å². The number of fused-ring (bicyclic) bond motifs is 2. The Morgan fingerprint density at radius 2 is 1.97 bits per heavy atom. The van der Waals surface area contributed by atoms with E-state index in [9.17, 15) is 4.79 Å². The zero-order valence-corrected chi connectivity index (χ0v) is 18.4. The van der Waals surface area contributed by atoms with Crippen LogP contribution in [0.2, 0.25) is 0 Å². The SMILES string of the molecule is CCC(Nc1ncnc2nc[nH]c12)c1nc(NCCCCCC(=O)NO)c2ccccc2n1. The number of nitrogens with one attached hydrogen (secondary N) is 4. The molecule has 0 saturated heterocycles. The molecule has 3 heterocycles. The van der Waals surface area contributed by atoms with Crippen LogP contribution in [0.5, 0.6) is 0 Å². The normalized spacial score (nSPS) is 12.1. The first-order valence-electron chi connectivity index (χ1n) is 11.0. The highest BCUT2D eigenvalue weighted by atomic mass is 16.5. The van der Waals surface area contributed by atoms with Gasteiger partial charge in [-0.2, -0.15) is 0 Å². The van der Waals surface area contributed by atoms with Gasteiger partial charge in [0.15, 0.2) is 17.3 Å². The summed E-state index contributed by atoms with van der Waals surface area (Å²) in [6.07, 6.45) is 6.60. The standard InChI is InChI=1S/C22H27N9O2/c1-2-15(28-22-18-21(25-12-24-18)26-13-27-22)20-29-16-9-6-5-8-14(16)19(30-20)23-11-7-3-4-10-17(32)31-33/h5-6,8-9,12-13,15,33H,2-4,7,10-11H2,1H3,(H,31,32)(H,23,29,30)(H2,24,25,26,27,28). The molecule has 1 aromatic carbocycles. The minimum atomic E-state index is -0.358. The van der Waals surface area contributed by atoms with Gasteiger partial charge in [-0.25, -0.2) is 30.4 Å². The molecule has 172 valence electrons. The number of rotatable bonds is 11. The fourth-order valence-corrected chi connectivity index (χ4v) is 3.62. The van der Waals surface area contributed by atoms with Crippen molar-refractivity contribution in [2.75, 3.05) is 17.2 Å². The van der Waals surface area contributed by atoms with Crippen LogP contribution >= 0.6 is 0 Å². The molecule has 0 aliphatic carbocycles. The van der Waals surface area contributed by atoms with Gasteiger partial charge in [-0.1, -0.05) is 25.5 Å². The topological polar surface area (TPSA) is 154 Å². The Morgan fingerprint density at radius 1 is 1.09 bits per heavy atom. The number of hydrogen-bond donors (Lipinski definition) is 5. The van der Waals surface area contributed by atoms with Crippen LogP contribution in [0.4, 0.5) is 11.6 Å². The van der Waals surface area contributed by atoms with Crippen molar-refractivity contribution in [3.8, 4) is 0 Å². The number of amides is 1. The van der Waals surface area contributed by atoms with Crippen molar-refractivity contribution in [2.24, 2.45) is 0 Å². The van der Waals surface area contributed by atoms with Gasteiger partial charge in [-0.3, -0.25) is 10.0 Å². The lowest BCUT2D eigenvalue weighted by molar-refractivity contribution is -0.129. The Labute approximate surface area is 190 Å². The number of aromatic amines is 1. The van der Waals surface area contributed by atoms with Gasteiger partial charge < -0.3 is 15.6 Å². The molecule has 0 spiro atoms. The van der Waals surface area contributed by atoms with Crippen molar-refractivity contribution >= 4 is 39.6 Å². The maximum absolute atomic E-state index is 11.1. The lowest BCUT2D eigenvalue weighted by Crippen LogP contribution is -2.18. The number of hydrogen-bond acceptors (Lipinski definition) is 9. The molecule has 4 rings (SSSR count). The van der Waals surface area contributed by atoms with Crippen LogP contribution in [0.25, 0.3) is 22.1 Å². The summed E-state index contributed by atoms with van der Waals surface area (Å²) in [7, 11) is 0. The smallest absolute Gasteiger partial charge is 0.243 e. The van der Waals surface area contributed by atoms with Gasteiger partial charge in [0.05, 0.1) is 17.9 Å². The summed E-state index contributed by atoms with van der Waals surface area (Å²) in [5.74, 6) is 1.74. The Bertz CT molecular complexity index is 1230. The summed E-state index contributed by atoms with van der Waals surface area (Å²) in [5.41, 5.74) is 3.86. The molecule has 0 radical (unpaired) electrons. The van der Waals surface area contributed by atoms with Crippen LogP contribution in [0, 0.1) is 0 Å². The first-order chi connectivity index (χ1) is 16.2. The Morgan fingerprint density at radius 3 is 2.82 bits per heavy atom. The number of aromatic nitrogens is 6. The maximum Gasteiger partial charge on any atom is 0.243 e. The molecule has 5 N–H and O–H groups in total. The third-order valence-electron chi connectivity index (χ3n) is 5.37. The molecule has 0 bridgehead atoms. The number of nitrogens with zero attached hydrogens (tertiary/aromatic N) is 5. The van der Waals surface area contributed by atoms with Crippen LogP contribution in [-0.2, 0) is 4.79 Å². The van der Waals surface area contributed by atoms with Gasteiger partial charge in [0.1, 0.15) is 17.7 Å². The van der Waals surface area contributed by atoms with Crippen LogP contribution in [0.3, 0.4) is 0 Å². The summed E-state index contributed by atoms with van der Waals surface area (Å²) in [4.78, 5) is 36.6. The molecular weight excluding hydrogens is 422 g/mol. The van der Waals surface area contributed by atoms with Crippen LogP contribution in [-0.4, -0.2) is 47.6 Å². The fourth-order valence-electron chi connectivity index (χ4n) is 3.62. The van der Waals surface area contributed by atoms with E-state index in [0.29, 0.717) is 36.7 Å². The predicted molar refractivity (Wildman–Crippen MR) is 125 cm³/mol. The largest absolute Gasteiger partial charge is 0.369 e. The molecule has 3 aromatic heterocycles. The molecule has 0 aliphatic heterocycles. The number of carbonyl (C=O) groups excluding carboxylic acids is 1. The zero-order valence-electron chi connectivity index (χ0n) is 18.4. The van der Waals surface area contributed by atoms with Crippen molar-refractivity contribution in [3.05, 3.63) is 42.7 Å². The molecule has 4 aromatic rings. The van der Waals surface area contributed by atoms with E-state index in [1.807, 2.05) is 24.3 Å². The molecule has 0 fully saturated rings. The van der Waals surface area contributed by atoms with E-state index in [4.69, 9.17) is 15.2 Å². The number of unbranched alkanes of at least 4 members (excludes halogenated alkanes) is 2. The first kappa shape index (κ1) is 22.3. The van der Waals surface area contributed by atoms with Crippen molar-refractivity contribution in [2.45, 2.75) is 45.1 Å². The molecule has 0 aliphatic rings. The molecule has 11 nitrogen and oxygen atoms in total. The van der Waals surface area contributed by atoms with Crippen molar-refractivity contribution in [1.29, 1.82) is 0 Å². The molecular formula is C22H27N9O2. The van der Waals surface area contributed by atoms with Crippen LogP contribution < -0.4 is 16.1 Å². The third-order valence-corrected chi connectivity index (χ3v) is 5.37. The average Bonchev–Trinajstić information content (AvgIpc) is 3.34. The Balaban J connectivity index is 1.51. The van der Waals surface area contributed by atoms with E-state index in [1.165, 1.54) is 6.33 Å². The lowest BCUT2D eigenvalue weighted by Gasteiger charge is -2.18. The van der Waals surface area contributed by atoms with Crippen LogP contribution in [0.15, 0.2) is 36.9 Å². The van der Waals surface area contributed by atoms with Crippen LogP contribution in [0.1, 0.15) is 50.9 Å². The molecule has 1 amide bonds. The number of carbonyl (C=O) groups is 1. The molecule has 11 heteroatoms. The van der Waals surface area contributed by atoms with Gasteiger partial charge in [0.25, 0.3) is 0 Å². The number of imidazole rings is 1. The number of benzene rings is 1. The third kappa shape index (κ3) is 5.32. The Kier molecular flexibility index (Phi) is 7.20. The quantitative estimate of drug-likeness (QED) is 0.132. The van der Waals surface area contributed by atoms with Gasteiger partial charge in [-0.15, -0.1) is 0 Å². The minimum Gasteiger partial charge on any atom is -0.369 e. The first-order valence-corrected chi connectivity index (χ1v) is 11.0. The highest BCUT2D eigenvalue weighted by Gasteiger charge is 2.18. The lowest BCUT2D eigenvalue weighted by atomic mass is 10.1. The summed E-state index contributed by atoms with van der Waals surface area (Å²) in [5, 5.41) is 16.4. The average molecular weight is 450 g/mol. The van der Waals surface area contributed by atoms with Gasteiger partial charge >= 0.3 is 0 Å². The Hall–Kier alpha value is -3.86. The van der Waals surface area contributed by atoms with Crippen molar-refractivity contribution < 1.29 is 10.0 Å². The molecule has 0 saturated carbocycles. The number of anilines is 2. The van der Waals surface area contributed by atoms with E-state index < -0.39 is 0 Å². The number of para-hydroxylation sites is 1. The molecule has 1 unspecified atom stereocenters. The second-order valence-electron chi connectivity index (χ2n) is 7.65. The second kappa shape index (κ2) is 10.6.